The van der Waals surface area contributed by atoms with Gasteiger partial charge in [0, 0.05) is 11.8 Å². The maximum atomic E-state index is 10.5. The molecule has 1 aromatic heterocycles. The highest BCUT2D eigenvalue weighted by atomic mass is 16.4. The van der Waals surface area contributed by atoms with Gasteiger partial charge in [0.05, 0.1) is 24.4 Å². The zero-order chi connectivity index (χ0) is 9.97. The summed E-state index contributed by atoms with van der Waals surface area (Å²) < 4.78 is 0. The van der Waals surface area contributed by atoms with Gasteiger partial charge in [-0.05, 0) is 6.07 Å². The number of carboxylic acids is 1. The van der Waals surface area contributed by atoms with Crippen molar-refractivity contribution in [2.45, 2.75) is 13.0 Å². The molecule has 0 atom stereocenters. The Balaban J connectivity index is 2.35. The van der Waals surface area contributed by atoms with Crippen LogP contribution >= 0.6 is 0 Å². The number of nitrogens with zero attached hydrogens (tertiary/aromatic N) is 2. The Kier molecular flexibility index (Phi) is 2.14. The Morgan fingerprint density at radius 2 is 2.50 bits per heavy atom. The highest BCUT2D eigenvalue weighted by molar-refractivity contribution is 6.08. The fourth-order valence-electron chi connectivity index (χ4n) is 1.38. The number of rotatable bonds is 2. The van der Waals surface area contributed by atoms with E-state index in [1.54, 1.807) is 6.20 Å². The average molecular weight is 191 g/mol. The predicted molar refractivity (Wildman–Crippen MR) is 49.9 cm³/mol. The molecule has 5 heteroatoms. The molecule has 0 unspecified atom stereocenters. The van der Waals surface area contributed by atoms with Crippen molar-refractivity contribution in [3.63, 3.8) is 0 Å². The Morgan fingerprint density at radius 3 is 3.29 bits per heavy atom. The van der Waals surface area contributed by atoms with Gasteiger partial charge in [0.15, 0.2) is 0 Å². The van der Waals surface area contributed by atoms with Crippen LogP contribution in [-0.4, -0.2) is 21.8 Å². The summed E-state index contributed by atoms with van der Waals surface area (Å²) in [6, 6.07) is 3.73. The molecule has 2 heterocycles. The minimum atomic E-state index is -0.899. The number of carboxylic acid groups (broad SMARTS) is 1. The summed E-state index contributed by atoms with van der Waals surface area (Å²) in [5.74, 6) is -0.899. The minimum Gasteiger partial charge on any atom is -0.481 e. The second-order valence-corrected chi connectivity index (χ2v) is 2.98. The van der Waals surface area contributed by atoms with Crippen LogP contribution in [0.1, 0.15) is 17.7 Å². The number of aliphatic carboxylic acids is 1. The van der Waals surface area contributed by atoms with E-state index in [-0.39, 0.29) is 6.42 Å². The number of pyridine rings is 1. The Morgan fingerprint density at radius 1 is 1.64 bits per heavy atom. The molecule has 1 aliphatic heterocycles. The topological polar surface area (TPSA) is 74.6 Å². The Bertz CT molecular complexity index is 401. The highest BCUT2D eigenvalue weighted by Gasteiger charge is 2.17. The molecular formula is C9H9N3O2. The van der Waals surface area contributed by atoms with Crippen LogP contribution in [0.2, 0.25) is 0 Å². The second kappa shape index (κ2) is 3.45. The zero-order valence-electron chi connectivity index (χ0n) is 7.40. The van der Waals surface area contributed by atoms with Gasteiger partial charge in [-0.3, -0.25) is 9.78 Å². The van der Waals surface area contributed by atoms with E-state index in [0.29, 0.717) is 18.0 Å². The van der Waals surface area contributed by atoms with Gasteiger partial charge in [0.2, 0.25) is 0 Å². The molecule has 5 nitrogen and oxygen atoms in total. The van der Waals surface area contributed by atoms with Crippen LogP contribution in [0.3, 0.4) is 0 Å². The molecule has 1 aromatic rings. The molecule has 0 saturated heterocycles. The summed E-state index contributed by atoms with van der Waals surface area (Å²) >= 11 is 0. The van der Waals surface area contributed by atoms with Crippen molar-refractivity contribution in [2.75, 3.05) is 0 Å². The van der Waals surface area contributed by atoms with Gasteiger partial charge in [-0.25, -0.2) is 0 Å². The molecule has 1 aliphatic rings. The molecule has 0 amide bonds. The minimum absolute atomic E-state index is 0.100. The van der Waals surface area contributed by atoms with E-state index < -0.39 is 5.97 Å². The van der Waals surface area contributed by atoms with E-state index >= 15 is 0 Å². The lowest BCUT2D eigenvalue weighted by Crippen LogP contribution is -2.23. The number of aromatic nitrogens is 1. The number of nitrogens with one attached hydrogen (secondary N) is 1. The molecule has 2 rings (SSSR count). The normalized spacial score (nSPS) is 13.9. The summed E-state index contributed by atoms with van der Waals surface area (Å²) in [6.07, 6.45) is 1.54. The summed E-state index contributed by atoms with van der Waals surface area (Å²) in [5, 5.41) is 12.6. The molecule has 0 saturated carbocycles. The smallest absolute Gasteiger partial charge is 0.309 e. The molecule has 0 fully saturated rings. The summed E-state index contributed by atoms with van der Waals surface area (Å²) in [5.41, 5.74) is 4.94. The van der Waals surface area contributed by atoms with Crippen LogP contribution in [0.5, 0.6) is 0 Å². The Labute approximate surface area is 80.5 Å². The van der Waals surface area contributed by atoms with Crippen LogP contribution in [0, 0.1) is 0 Å². The van der Waals surface area contributed by atoms with Gasteiger partial charge in [-0.15, -0.1) is 0 Å². The van der Waals surface area contributed by atoms with Gasteiger partial charge in [0.1, 0.15) is 0 Å². The highest BCUT2D eigenvalue weighted by Crippen LogP contribution is 2.12. The average Bonchev–Trinajstić information content (AvgIpc) is 2.18. The first-order valence-electron chi connectivity index (χ1n) is 4.23. The molecular weight excluding hydrogens is 182 g/mol. The quantitative estimate of drug-likeness (QED) is 0.708. The van der Waals surface area contributed by atoms with Gasteiger partial charge in [-0.1, -0.05) is 6.07 Å². The lowest BCUT2D eigenvalue weighted by atomic mass is 10.1. The van der Waals surface area contributed by atoms with Crippen LogP contribution in [-0.2, 0) is 11.3 Å². The van der Waals surface area contributed by atoms with Gasteiger partial charge in [0.25, 0.3) is 0 Å². The monoisotopic (exact) mass is 191 g/mol. The Hall–Kier alpha value is -1.91. The first-order chi connectivity index (χ1) is 6.77. The summed E-state index contributed by atoms with van der Waals surface area (Å²) in [7, 11) is 0. The van der Waals surface area contributed by atoms with Crippen molar-refractivity contribution in [1.82, 2.24) is 10.4 Å². The van der Waals surface area contributed by atoms with Crippen LogP contribution in [0.4, 0.5) is 0 Å². The lowest BCUT2D eigenvalue weighted by molar-refractivity contribution is -0.135. The third-order valence-electron chi connectivity index (χ3n) is 1.97. The number of hydrazone groups is 1. The van der Waals surface area contributed by atoms with Crippen LogP contribution in [0.25, 0.3) is 0 Å². The molecule has 14 heavy (non-hydrogen) atoms. The van der Waals surface area contributed by atoms with E-state index in [4.69, 9.17) is 5.11 Å². The summed E-state index contributed by atoms with van der Waals surface area (Å²) in [6.45, 7) is 0.603. The maximum Gasteiger partial charge on any atom is 0.309 e. The van der Waals surface area contributed by atoms with Crippen LogP contribution < -0.4 is 5.43 Å². The largest absolute Gasteiger partial charge is 0.481 e. The number of hydrogen-bond acceptors (Lipinski definition) is 4. The molecule has 2 N–H and O–H groups in total. The zero-order valence-corrected chi connectivity index (χ0v) is 7.40. The van der Waals surface area contributed by atoms with Gasteiger partial charge in [-0.2, -0.15) is 5.10 Å². The van der Waals surface area contributed by atoms with Crippen molar-refractivity contribution in [1.29, 1.82) is 0 Å². The maximum absolute atomic E-state index is 10.5. The van der Waals surface area contributed by atoms with Crippen molar-refractivity contribution in [3.8, 4) is 0 Å². The first-order valence-corrected chi connectivity index (χ1v) is 4.23. The van der Waals surface area contributed by atoms with Crippen LogP contribution in [0.15, 0.2) is 23.4 Å². The molecule has 0 aliphatic carbocycles. The van der Waals surface area contributed by atoms with Gasteiger partial charge < -0.3 is 10.5 Å². The fraction of sp³-hybridized carbons (Fsp3) is 0.222. The molecule has 0 aromatic carbocycles. The van der Waals surface area contributed by atoms with E-state index in [1.165, 1.54) is 0 Å². The molecule has 0 radical (unpaired) electrons. The number of hydrogen-bond donors (Lipinski definition) is 2. The third kappa shape index (κ3) is 1.56. The number of fused-ring (bicyclic) bond motifs is 1. The second-order valence-electron chi connectivity index (χ2n) is 2.98. The van der Waals surface area contributed by atoms with Crippen molar-refractivity contribution in [3.05, 3.63) is 29.6 Å². The van der Waals surface area contributed by atoms with E-state index in [1.807, 2.05) is 12.1 Å². The van der Waals surface area contributed by atoms with E-state index in [2.05, 4.69) is 15.5 Å². The van der Waals surface area contributed by atoms with E-state index in [0.717, 1.165) is 5.56 Å². The molecule has 0 bridgehead atoms. The predicted octanol–water partition coefficient (Wildman–Crippen LogP) is 0.364. The third-order valence-corrected chi connectivity index (χ3v) is 1.97. The standard InChI is InChI=1S/C9H9N3O2/c13-8(14)4-7-9-6(5-11-12-7)2-1-3-10-9/h1-3,11H,4-5H2,(H,13,14). The SMILES string of the molecule is O=C(O)CC1=NNCc2cccnc21. The number of carbonyl (C=O) groups is 1. The van der Waals surface area contributed by atoms with Crippen molar-refractivity contribution < 1.29 is 9.90 Å². The fourth-order valence-corrected chi connectivity index (χ4v) is 1.38. The lowest BCUT2D eigenvalue weighted by Gasteiger charge is -2.14. The molecule has 0 spiro atoms. The summed E-state index contributed by atoms with van der Waals surface area (Å²) in [4.78, 5) is 14.7. The van der Waals surface area contributed by atoms with Crippen molar-refractivity contribution >= 4 is 11.7 Å². The molecule has 72 valence electrons. The van der Waals surface area contributed by atoms with Gasteiger partial charge >= 0.3 is 5.97 Å². The van der Waals surface area contributed by atoms with E-state index in [9.17, 15) is 4.79 Å². The first kappa shape index (κ1) is 8.68. The van der Waals surface area contributed by atoms with Crippen molar-refractivity contribution in [2.24, 2.45) is 5.10 Å².